The molecule has 2 nitrogen and oxygen atoms in total. The molecule has 1 heterocycles. The molecule has 0 aromatic carbocycles. The smallest absolute Gasteiger partial charge is 0.306 e. The molecule has 0 bridgehead atoms. The molecule has 1 rings (SSSR count). The Hall–Kier alpha value is -0.530. The predicted octanol–water partition coefficient (Wildman–Crippen LogP) is 5.78. The number of carbonyl (C=O) groups excluding carboxylic acids is 1. The fourth-order valence-electron chi connectivity index (χ4n) is 3.08. The van der Waals surface area contributed by atoms with Crippen molar-refractivity contribution in [2.24, 2.45) is 0 Å². The van der Waals surface area contributed by atoms with Crippen molar-refractivity contribution in [1.29, 1.82) is 0 Å². The molecule has 0 amide bonds. The van der Waals surface area contributed by atoms with Crippen LogP contribution in [-0.4, -0.2) is 11.6 Å². The summed E-state index contributed by atoms with van der Waals surface area (Å²) in [4.78, 5) is 11.1. The Kier molecular flexibility index (Phi) is 8.97. The minimum Gasteiger partial charge on any atom is -0.459 e. The number of hydrogen-bond donors (Lipinski definition) is 0. The maximum Gasteiger partial charge on any atom is 0.306 e. The van der Waals surface area contributed by atoms with Crippen LogP contribution in [-0.2, 0) is 9.53 Å². The fourth-order valence-corrected chi connectivity index (χ4v) is 3.08. The topological polar surface area (TPSA) is 26.3 Å². The third kappa shape index (κ3) is 7.91. The second kappa shape index (κ2) is 10.2. The van der Waals surface area contributed by atoms with Crippen LogP contribution in [0.1, 0.15) is 104 Å². The van der Waals surface area contributed by atoms with Gasteiger partial charge < -0.3 is 4.74 Å². The van der Waals surface area contributed by atoms with Gasteiger partial charge in [0.1, 0.15) is 5.60 Å². The summed E-state index contributed by atoms with van der Waals surface area (Å²) in [6.45, 7) is 4.36. The van der Waals surface area contributed by atoms with E-state index in [1.165, 1.54) is 70.6 Å². The molecule has 2 heteroatoms. The molecule has 0 aromatic heterocycles. The average molecular weight is 282 g/mol. The number of cyclic esters (lactones) is 1. The number of esters is 1. The summed E-state index contributed by atoms with van der Waals surface area (Å²) in [7, 11) is 0. The van der Waals surface area contributed by atoms with E-state index in [0.717, 1.165) is 12.8 Å². The van der Waals surface area contributed by atoms with E-state index >= 15 is 0 Å². The minimum atomic E-state index is -0.142. The molecule has 20 heavy (non-hydrogen) atoms. The Morgan fingerprint density at radius 1 is 0.900 bits per heavy atom. The average Bonchev–Trinajstić information content (AvgIpc) is 2.76. The summed E-state index contributed by atoms with van der Waals surface area (Å²) < 4.78 is 5.40. The first kappa shape index (κ1) is 17.5. The Morgan fingerprint density at radius 3 is 1.85 bits per heavy atom. The van der Waals surface area contributed by atoms with Gasteiger partial charge in [0.25, 0.3) is 0 Å². The van der Waals surface area contributed by atoms with Crippen molar-refractivity contribution in [2.45, 2.75) is 109 Å². The van der Waals surface area contributed by atoms with Crippen molar-refractivity contribution in [3.63, 3.8) is 0 Å². The van der Waals surface area contributed by atoms with Crippen LogP contribution in [0.2, 0.25) is 0 Å². The highest BCUT2D eigenvalue weighted by Gasteiger charge is 2.34. The third-order valence-electron chi connectivity index (χ3n) is 4.53. The lowest BCUT2D eigenvalue weighted by Crippen LogP contribution is -2.23. The predicted molar refractivity (Wildman–Crippen MR) is 84.8 cm³/mol. The molecule has 1 unspecified atom stereocenters. The molecule has 0 aliphatic carbocycles. The van der Waals surface area contributed by atoms with Crippen molar-refractivity contribution in [3.8, 4) is 0 Å². The standard InChI is InChI=1S/C18H34O2/c1-3-4-5-6-7-8-9-10-11-12-13-15-18(2)16-14-17(19)20-18/h3-16H2,1-2H3. The SMILES string of the molecule is CCCCCCCCCCCCCC1(C)CCC(=O)O1. The molecule has 1 atom stereocenters. The summed E-state index contributed by atoms with van der Waals surface area (Å²) in [5.41, 5.74) is -0.142. The summed E-state index contributed by atoms with van der Waals surface area (Å²) in [6.07, 6.45) is 17.7. The highest BCUT2D eigenvalue weighted by atomic mass is 16.6. The van der Waals surface area contributed by atoms with Gasteiger partial charge in [-0.05, 0) is 26.2 Å². The first-order chi connectivity index (χ1) is 9.66. The monoisotopic (exact) mass is 282 g/mol. The second-order valence-electron chi connectivity index (χ2n) is 6.71. The van der Waals surface area contributed by atoms with E-state index in [4.69, 9.17) is 4.74 Å². The molecular weight excluding hydrogens is 248 g/mol. The van der Waals surface area contributed by atoms with Gasteiger partial charge in [-0.2, -0.15) is 0 Å². The molecule has 1 saturated heterocycles. The van der Waals surface area contributed by atoms with E-state index in [9.17, 15) is 4.79 Å². The zero-order valence-electron chi connectivity index (χ0n) is 13.7. The van der Waals surface area contributed by atoms with Gasteiger partial charge in [0.15, 0.2) is 0 Å². The largest absolute Gasteiger partial charge is 0.459 e. The lowest BCUT2D eigenvalue weighted by molar-refractivity contribution is -0.147. The normalized spacial score (nSPS) is 22.2. The molecule has 0 saturated carbocycles. The van der Waals surface area contributed by atoms with Crippen molar-refractivity contribution >= 4 is 5.97 Å². The first-order valence-corrected chi connectivity index (χ1v) is 8.88. The molecule has 0 aromatic rings. The second-order valence-corrected chi connectivity index (χ2v) is 6.71. The summed E-state index contributed by atoms with van der Waals surface area (Å²) in [5.74, 6) is -0.00410. The number of ether oxygens (including phenoxy) is 1. The summed E-state index contributed by atoms with van der Waals surface area (Å²) >= 11 is 0. The van der Waals surface area contributed by atoms with Gasteiger partial charge in [-0.15, -0.1) is 0 Å². The van der Waals surface area contributed by atoms with Crippen molar-refractivity contribution < 1.29 is 9.53 Å². The van der Waals surface area contributed by atoms with Gasteiger partial charge in [-0.25, -0.2) is 0 Å². The molecular formula is C18H34O2. The van der Waals surface area contributed by atoms with E-state index in [1.807, 2.05) is 0 Å². The Bertz CT molecular complexity index is 262. The molecule has 1 aliphatic rings. The Labute approximate surface area is 125 Å². The number of rotatable bonds is 12. The van der Waals surface area contributed by atoms with E-state index in [-0.39, 0.29) is 11.6 Å². The molecule has 118 valence electrons. The number of carbonyl (C=O) groups is 1. The van der Waals surface area contributed by atoms with E-state index in [0.29, 0.717) is 6.42 Å². The van der Waals surface area contributed by atoms with Crippen molar-refractivity contribution in [1.82, 2.24) is 0 Å². The Morgan fingerprint density at radius 2 is 1.40 bits per heavy atom. The van der Waals surface area contributed by atoms with Crippen LogP contribution in [0.15, 0.2) is 0 Å². The quantitative estimate of drug-likeness (QED) is 0.335. The van der Waals surface area contributed by atoms with Crippen molar-refractivity contribution in [2.75, 3.05) is 0 Å². The molecule has 1 fully saturated rings. The van der Waals surface area contributed by atoms with Crippen LogP contribution in [0.25, 0.3) is 0 Å². The van der Waals surface area contributed by atoms with Crippen molar-refractivity contribution in [3.05, 3.63) is 0 Å². The van der Waals surface area contributed by atoms with Crippen LogP contribution in [0, 0.1) is 0 Å². The molecule has 0 radical (unpaired) electrons. The molecule has 0 N–H and O–H groups in total. The van der Waals surface area contributed by atoms with Crippen LogP contribution in [0.5, 0.6) is 0 Å². The van der Waals surface area contributed by atoms with Gasteiger partial charge in [-0.3, -0.25) is 4.79 Å². The van der Waals surface area contributed by atoms with Crippen LogP contribution in [0.4, 0.5) is 0 Å². The van der Waals surface area contributed by atoms with Crippen LogP contribution in [0.3, 0.4) is 0 Å². The van der Waals surface area contributed by atoms with Crippen LogP contribution >= 0.6 is 0 Å². The summed E-state index contributed by atoms with van der Waals surface area (Å²) in [6, 6.07) is 0. The van der Waals surface area contributed by atoms with Gasteiger partial charge in [-0.1, -0.05) is 71.1 Å². The minimum absolute atomic E-state index is 0.00410. The maximum atomic E-state index is 11.1. The maximum absolute atomic E-state index is 11.1. The fraction of sp³-hybridized carbons (Fsp3) is 0.944. The number of unbranched alkanes of at least 4 members (excludes halogenated alkanes) is 10. The zero-order valence-corrected chi connectivity index (χ0v) is 13.7. The third-order valence-corrected chi connectivity index (χ3v) is 4.53. The van der Waals surface area contributed by atoms with Crippen LogP contribution < -0.4 is 0 Å². The highest BCUT2D eigenvalue weighted by Crippen LogP contribution is 2.31. The molecule has 0 spiro atoms. The van der Waals surface area contributed by atoms with E-state index in [2.05, 4.69) is 13.8 Å². The highest BCUT2D eigenvalue weighted by molar-refractivity contribution is 5.72. The number of hydrogen-bond acceptors (Lipinski definition) is 2. The van der Waals surface area contributed by atoms with Gasteiger partial charge in [0, 0.05) is 6.42 Å². The van der Waals surface area contributed by atoms with E-state index < -0.39 is 0 Å². The zero-order chi connectivity index (χ0) is 14.7. The molecule has 1 aliphatic heterocycles. The lowest BCUT2D eigenvalue weighted by Gasteiger charge is -2.22. The van der Waals surface area contributed by atoms with Gasteiger partial charge in [0.2, 0.25) is 0 Å². The first-order valence-electron chi connectivity index (χ1n) is 8.88. The van der Waals surface area contributed by atoms with Gasteiger partial charge in [0.05, 0.1) is 0 Å². The van der Waals surface area contributed by atoms with Gasteiger partial charge >= 0.3 is 5.97 Å². The lowest BCUT2D eigenvalue weighted by atomic mass is 9.94. The van der Waals surface area contributed by atoms with E-state index in [1.54, 1.807) is 0 Å². The Balaban J connectivity index is 1.82. The summed E-state index contributed by atoms with van der Waals surface area (Å²) in [5, 5.41) is 0.